The number of thioether (sulfide) groups is 2. The minimum Gasteiger partial charge on any atom is -0.481 e. The lowest BCUT2D eigenvalue weighted by atomic mass is 10.0. The maximum atomic E-state index is 15.0. The highest BCUT2D eigenvalue weighted by molar-refractivity contribution is 8.00. The Balaban J connectivity index is 0.000000170. The number of methoxy groups -OCH3 is 2. The van der Waals surface area contributed by atoms with Crippen LogP contribution in [0.25, 0.3) is 22.1 Å². The number of rotatable bonds is 14. The van der Waals surface area contributed by atoms with Gasteiger partial charge in [0.25, 0.3) is 0 Å². The molecule has 20 heteroatoms. The molecule has 2 fully saturated rings. The average molecular weight is 965 g/mol. The van der Waals surface area contributed by atoms with E-state index in [0.717, 1.165) is 106 Å². The minimum absolute atomic E-state index is 0.0408. The highest BCUT2D eigenvalue weighted by atomic mass is 32.2. The fraction of sp³-hybridized carbons (Fsp3) is 0.417. The summed E-state index contributed by atoms with van der Waals surface area (Å²) in [6.45, 7) is 4.88. The van der Waals surface area contributed by atoms with E-state index < -0.39 is 12.3 Å². The predicted octanol–water partition coefficient (Wildman–Crippen LogP) is 5.64. The summed E-state index contributed by atoms with van der Waals surface area (Å²) >= 11 is 2.97. The summed E-state index contributed by atoms with van der Waals surface area (Å²) in [5.41, 5.74) is 7.10. The number of ether oxygens (including phenoxy) is 2. The second kappa shape index (κ2) is 22.2. The van der Waals surface area contributed by atoms with Crippen molar-refractivity contribution in [3.63, 3.8) is 0 Å². The molecule has 0 saturated carbocycles. The predicted molar refractivity (Wildman–Crippen MR) is 260 cm³/mol. The molecule has 4 aliphatic rings. The Morgan fingerprint density at radius 1 is 0.632 bits per heavy atom. The SMILES string of the molecule is COc1ccc2nccc(CCN3CC[C@@H](NCc4ccc5c(n4)NC(=O)CS5)[C@@H](F)C3)c2n1.COc1ccc2nccc(CCN3CC[C@H](NCc4ccc5c(n4)NC(=O)CS5)[C@H](F)C3)c2n1. The van der Waals surface area contributed by atoms with Crippen molar-refractivity contribution >= 4 is 69.0 Å². The van der Waals surface area contributed by atoms with E-state index in [2.05, 4.69) is 61.0 Å². The van der Waals surface area contributed by atoms with E-state index in [9.17, 15) is 18.4 Å². The first-order valence-electron chi connectivity index (χ1n) is 22.8. The van der Waals surface area contributed by atoms with Crippen LogP contribution in [-0.4, -0.2) is 141 Å². The summed E-state index contributed by atoms with van der Waals surface area (Å²) in [7, 11) is 3.20. The van der Waals surface area contributed by atoms with Crippen LogP contribution in [0.5, 0.6) is 11.8 Å². The van der Waals surface area contributed by atoms with Crippen molar-refractivity contribution in [1.82, 2.24) is 50.3 Å². The van der Waals surface area contributed by atoms with E-state index in [-0.39, 0.29) is 23.9 Å². The first kappa shape index (κ1) is 47.4. The Morgan fingerprint density at radius 2 is 1.09 bits per heavy atom. The number of halogens is 2. The zero-order chi connectivity index (χ0) is 47.0. The van der Waals surface area contributed by atoms with Crippen molar-refractivity contribution in [3.05, 3.63) is 95.6 Å². The van der Waals surface area contributed by atoms with Crippen LogP contribution in [0, 0.1) is 0 Å². The number of hydrogen-bond donors (Lipinski definition) is 4. The third-order valence-electron chi connectivity index (χ3n) is 12.5. The maximum Gasteiger partial charge on any atom is 0.235 e. The van der Waals surface area contributed by atoms with Crippen molar-refractivity contribution in [2.24, 2.45) is 0 Å². The number of nitrogens with one attached hydrogen (secondary N) is 4. The van der Waals surface area contributed by atoms with Crippen LogP contribution in [-0.2, 0) is 35.5 Å². The van der Waals surface area contributed by atoms with E-state index in [4.69, 9.17) is 9.47 Å². The fourth-order valence-electron chi connectivity index (χ4n) is 8.79. The number of carbonyl (C=O) groups excluding carboxylic acids is 2. The molecule has 0 aromatic carbocycles. The lowest BCUT2D eigenvalue weighted by molar-refractivity contribution is -0.114. The molecular weight excluding hydrogens is 911 g/mol. The highest BCUT2D eigenvalue weighted by Crippen LogP contribution is 2.31. The van der Waals surface area contributed by atoms with E-state index in [1.165, 1.54) is 23.5 Å². The molecule has 10 heterocycles. The largest absolute Gasteiger partial charge is 0.481 e. The standard InChI is InChI=1S/2C24H27FN6O2S/c2*1-33-22-5-3-19-23(30-22)15(6-9-26-19)7-10-31-11-8-18(17(25)13-31)27-12-16-2-4-20-24(28-16)29-21(32)14-34-20/h2*2-6,9,17-18,27H,7-8,10-14H2,1H3,(H,28,29,32)/t2*17-,18+/m10/s1. The molecule has 0 aliphatic carbocycles. The van der Waals surface area contributed by atoms with Gasteiger partial charge in [-0.05, 0) is 98.4 Å². The maximum absolute atomic E-state index is 15.0. The summed E-state index contributed by atoms with van der Waals surface area (Å²) in [4.78, 5) is 56.4. The lowest BCUT2D eigenvalue weighted by Crippen LogP contribution is -2.51. The number of alkyl halides is 2. The van der Waals surface area contributed by atoms with Crippen LogP contribution < -0.4 is 30.7 Å². The first-order valence-corrected chi connectivity index (χ1v) is 24.8. The van der Waals surface area contributed by atoms with Gasteiger partial charge in [-0.1, -0.05) is 0 Å². The summed E-state index contributed by atoms with van der Waals surface area (Å²) in [5.74, 6) is 3.07. The summed E-state index contributed by atoms with van der Waals surface area (Å²) < 4.78 is 40.5. The minimum atomic E-state index is -0.964. The molecule has 10 rings (SSSR count). The van der Waals surface area contributed by atoms with E-state index >= 15 is 0 Å². The molecule has 0 spiro atoms. The Hall–Kier alpha value is -5.64. The average Bonchev–Trinajstić information content (AvgIpc) is 3.36. The smallest absolute Gasteiger partial charge is 0.235 e. The Labute approximate surface area is 401 Å². The van der Waals surface area contributed by atoms with Crippen molar-refractivity contribution in [3.8, 4) is 11.8 Å². The van der Waals surface area contributed by atoms with Crippen molar-refractivity contribution in [2.45, 2.75) is 73.0 Å². The van der Waals surface area contributed by atoms with Crippen LogP contribution in [0.1, 0.15) is 35.4 Å². The summed E-state index contributed by atoms with van der Waals surface area (Å²) in [6, 6.07) is 18.7. The number of likely N-dealkylation sites (tertiary alicyclic amines) is 2. The van der Waals surface area contributed by atoms with E-state index in [0.29, 0.717) is 61.1 Å². The van der Waals surface area contributed by atoms with Gasteiger partial charge in [0.2, 0.25) is 23.6 Å². The third-order valence-corrected chi connectivity index (χ3v) is 14.6. The number of aromatic nitrogens is 6. The first-order chi connectivity index (χ1) is 33.2. The van der Waals surface area contributed by atoms with Gasteiger partial charge in [-0.3, -0.25) is 29.4 Å². The van der Waals surface area contributed by atoms with Gasteiger partial charge in [-0.2, -0.15) is 0 Å². The molecule has 2 saturated heterocycles. The second-order valence-corrected chi connectivity index (χ2v) is 19.1. The number of fused-ring (bicyclic) bond motifs is 4. The van der Waals surface area contributed by atoms with Gasteiger partial charge < -0.3 is 30.7 Å². The zero-order valence-corrected chi connectivity index (χ0v) is 39.6. The van der Waals surface area contributed by atoms with Gasteiger partial charge >= 0.3 is 0 Å². The van der Waals surface area contributed by atoms with Crippen LogP contribution in [0.15, 0.2) is 82.8 Å². The molecule has 4 atom stereocenters. The van der Waals surface area contributed by atoms with Crippen molar-refractivity contribution in [1.29, 1.82) is 0 Å². The van der Waals surface area contributed by atoms with Gasteiger partial charge in [0, 0.05) is 75.9 Å². The Bertz CT molecular complexity index is 2580. The number of pyridine rings is 6. The van der Waals surface area contributed by atoms with Crippen LogP contribution in [0.3, 0.4) is 0 Å². The molecule has 0 radical (unpaired) electrons. The molecule has 4 N–H and O–H groups in total. The number of amides is 2. The lowest BCUT2D eigenvalue weighted by Gasteiger charge is -2.35. The van der Waals surface area contributed by atoms with Crippen molar-refractivity contribution in [2.75, 3.05) is 75.6 Å². The molecule has 16 nitrogen and oxygen atoms in total. The molecule has 0 unspecified atom stereocenters. The molecule has 0 bridgehead atoms. The molecule has 356 valence electrons. The zero-order valence-electron chi connectivity index (χ0n) is 37.9. The number of anilines is 2. The van der Waals surface area contributed by atoms with Gasteiger partial charge in [0.15, 0.2) is 0 Å². The van der Waals surface area contributed by atoms with Gasteiger partial charge in [0.05, 0.1) is 69.0 Å². The molecular formula is C48H54F2N12O4S2. The van der Waals surface area contributed by atoms with E-state index in [1.807, 2.05) is 48.5 Å². The quantitative estimate of drug-likeness (QED) is 0.105. The Kier molecular flexibility index (Phi) is 15.5. The number of carbonyl (C=O) groups is 2. The highest BCUT2D eigenvalue weighted by Gasteiger charge is 2.31. The topological polar surface area (TPSA) is 185 Å². The second-order valence-electron chi connectivity index (χ2n) is 17.0. The van der Waals surface area contributed by atoms with Crippen molar-refractivity contribution < 1.29 is 27.8 Å². The molecule has 68 heavy (non-hydrogen) atoms. The summed E-state index contributed by atoms with van der Waals surface area (Å²) in [6.07, 6.45) is 4.64. The van der Waals surface area contributed by atoms with Crippen LogP contribution >= 0.6 is 23.5 Å². The van der Waals surface area contributed by atoms with Gasteiger partial charge in [-0.15, -0.1) is 23.5 Å². The number of hydrogen-bond acceptors (Lipinski definition) is 16. The molecule has 4 aliphatic heterocycles. The third kappa shape index (κ3) is 11.8. The normalized spacial score (nSPS) is 20.7. The van der Waals surface area contributed by atoms with Gasteiger partial charge in [0.1, 0.15) is 24.0 Å². The van der Waals surface area contributed by atoms with E-state index in [1.54, 1.807) is 38.7 Å². The van der Waals surface area contributed by atoms with Gasteiger partial charge in [-0.25, -0.2) is 28.7 Å². The number of nitrogens with zero attached hydrogens (tertiary/aromatic N) is 8. The molecule has 6 aromatic rings. The fourth-order valence-corrected chi connectivity index (χ4v) is 10.3. The molecule has 2 amide bonds. The number of piperidine rings is 2. The Morgan fingerprint density at radius 3 is 1.51 bits per heavy atom. The summed E-state index contributed by atoms with van der Waals surface area (Å²) in [5, 5.41) is 12.2. The van der Waals surface area contributed by atoms with Crippen LogP contribution in [0.4, 0.5) is 20.4 Å². The van der Waals surface area contributed by atoms with Crippen LogP contribution in [0.2, 0.25) is 0 Å². The monoisotopic (exact) mass is 964 g/mol. The molecule has 6 aromatic heterocycles.